The summed E-state index contributed by atoms with van der Waals surface area (Å²) in [6.45, 7) is 0.307. The van der Waals surface area contributed by atoms with Crippen LogP contribution in [0.5, 0.6) is 0 Å². The van der Waals surface area contributed by atoms with Crippen LogP contribution >= 0.6 is 11.3 Å². The highest BCUT2D eigenvalue weighted by molar-refractivity contribution is 7.89. The average molecular weight is 351 g/mol. The van der Waals surface area contributed by atoms with Gasteiger partial charge in [-0.2, -0.15) is 0 Å². The molecule has 2 aromatic rings. The van der Waals surface area contributed by atoms with Crippen LogP contribution in [-0.2, 0) is 16.6 Å². The molecule has 0 saturated heterocycles. The Morgan fingerprint density at radius 3 is 2.78 bits per heavy atom. The number of nitrogens with zero attached hydrogens (tertiary/aromatic N) is 1. The molecule has 0 bridgehead atoms. The highest BCUT2D eigenvalue weighted by atomic mass is 32.2. The van der Waals surface area contributed by atoms with Crippen LogP contribution < -0.4 is 4.72 Å². The van der Waals surface area contributed by atoms with Gasteiger partial charge in [0.2, 0.25) is 10.0 Å². The number of thiophene rings is 1. The predicted molar refractivity (Wildman–Crippen MR) is 94.8 cm³/mol. The van der Waals surface area contributed by atoms with Crippen molar-refractivity contribution in [1.82, 2.24) is 9.71 Å². The molecule has 4 nitrogen and oxygen atoms in total. The average Bonchev–Trinajstić information content (AvgIpc) is 3.08. The van der Waals surface area contributed by atoms with Crippen molar-refractivity contribution in [3.63, 3.8) is 0 Å². The lowest BCUT2D eigenvalue weighted by atomic mass is 9.91. The summed E-state index contributed by atoms with van der Waals surface area (Å²) < 4.78 is 27.2. The number of pyridine rings is 1. The maximum absolute atomic E-state index is 12.3. The minimum Gasteiger partial charge on any atom is -0.264 e. The molecule has 2 heterocycles. The minimum atomic E-state index is -3.22. The van der Waals surface area contributed by atoms with E-state index in [1.54, 1.807) is 17.5 Å². The van der Waals surface area contributed by atoms with Crippen molar-refractivity contribution >= 4 is 21.4 Å². The molecule has 0 aliphatic heterocycles. The second kappa shape index (κ2) is 7.55. The molecule has 0 amide bonds. The van der Waals surface area contributed by atoms with E-state index in [9.17, 15) is 8.42 Å². The van der Waals surface area contributed by atoms with E-state index in [1.807, 2.05) is 29.8 Å². The minimum absolute atomic E-state index is 0.255. The van der Waals surface area contributed by atoms with Gasteiger partial charge in [-0.05, 0) is 41.8 Å². The van der Waals surface area contributed by atoms with Gasteiger partial charge in [-0.25, -0.2) is 13.1 Å². The smallest absolute Gasteiger partial charge is 0.212 e. The van der Waals surface area contributed by atoms with Crippen LogP contribution in [0.3, 0.4) is 0 Å². The Kier molecular flexibility index (Phi) is 5.46. The van der Waals surface area contributed by atoms with Gasteiger partial charge in [0.1, 0.15) is 0 Å². The molecule has 1 N–H and O–H groups in total. The second-order valence-electron chi connectivity index (χ2n) is 6.17. The molecule has 0 atom stereocenters. The molecule has 6 heteroatoms. The van der Waals surface area contributed by atoms with Crippen LogP contribution in [0.4, 0.5) is 0 Å². The lowest BCUT2D eigenvalue weighted by molar-refractivity contribution is 0.384. The summed E-state index contributed by atoms with van der Waals surface area (Å²) in [4.78, 5) is 5.37. The van der Waals surface area contributed by atoms with E-state index >= 15 is 0 Å². The zero-order valence-electron chi connectivity index (χ0n) is 13.1. The number of sulfonamides is 1. The van der Waals surface area contributed by atoms with Gasteiger partial charge in [0, 0.05) is 29.4 Å². The van der Waals surface area contributed by atoms with E-state index in [1.165, 1.54) is 6.42 Å². The van der Waals surface area contributed by atoms with Crippen molar-refractivity contribution in [2.24, 2.45) is 5.92 Å². The van der Waals surface area contributed by atoms with Gasteiger partial charge in [0.15, 0.2) is 0 Å². The van der Waals surface area contributed by atoms with Crippen molar-refractivity contribution in [2.45, 2.75) is 38.6 Å². The highest BCUT2D eigenvalue weighted by Crippen LogP contribution is 2.25. The molecule has 1 saturated carbocycles. The first-order chi connectivity index (χ1) is 11.1. The van der Waals surface area contributed by atoms with Crippen LogP contribution in [0.1, 0.15) is 37.7 Å². The predicted octanol–water partition coefficient (Wildman–Crippen LogP) is 3.81. The van der Waals surface area contributed by atoms with Gasteiger partial charge < -0.3 is 0 Å². The Balaban J connectivity index is 1.60. The molecular formula is C17H22N2O2S2. The highest BCUT2D eigenvalue weighted by Gasteiger charge is 2.21. The quantitative estimate of drug-likeness (QED) is 0.862. The van der Waals surface area contributed by atoms with Gasteiger partial charge >= 0.3 is 0 Å². The summed E-state index contributed by atoms with van der Waals surface area (Å²) in [7, 11) is -3.22. The van der Waals surface area contributed by atoms with Crippen LogP contribution in [-0.4, -0.2) is 19.2 Å². The summed E-state index contributed by atoms with van der Waals surface area (Å²) in [5, 5.41) is 2.02. The molecule has 124 valence electrons. The van der Waals surface area contributed by atoms with Gasteiger partial charge in [0.05, 0.1) is 5.75 Å². The van der Waals surface area contributed by atoms with Crippen molar-refractivity contribution in [3.8, 4) is 10.4 Å². The summed E-state index contributed by atoms with van der Waals surface area (Å²) in [6.07, 6.45) is 9.17. The van der Waals surface area contributed by atoms with Crippen LogP contribution in [0, 0.1) is 5.92 Å². The van der Waals surface area contributed by atoms with Crippen molar-refractivity contribution in [3.05, 3.63) is 41.5 Å². The Bertz CT molecular complexity index is 721. The van der Waals surface area contributed by atoms with Crippen molar-refractivity contribution < 1.29 is 8.42 Å². The normalized spacial score (nSPS) is 16.5. The molecule has 0 unspecified atom stereocenters. The fraction of sp³-hybridized carbons (Fsp3) is 0.471. The van der Waals surface area contributed by atoms with E-state index in [0.717, 1.165) is 41.7 Å². The molecule has 23 heavy (non-hydrogen) atoms. The maximum Gasteiger partial charge on any atom is 0.212 e. The first-order valence-electron chi connectivity index (χ1n) is 8.07. The zero-order chi connectivity index (χ0) is 16.1. The third-order valence-electron chi connectivity index (χ3n) is 4.28. The third-order valence-corrected chi connectivity index (χ3v) is 6.69. The first-order valence-corrected chi connectivity index (χ1v) is 10.6. The number of aromatic nitrogens is 1. The summed E-state index contributed by atoms with van der Waals surface area (Å²) in [6, 6.07) is 6.04. The Morgan fingerprint density at radius 1 is 1.22 bits per heavy atom. The second-order valence-corrected chi connectivity index (χ2v) is 8.96. The third kappa shape index (κ3) is 4.86. The number of nitrogens with one attached hydrogen (secondary N) is 1. The monoisotopic (exact) mass is 350 g/mol. The lowest BCUT2D eigenvalue weighted by Crippen LogP contribution is -2.30. The molecule has 0 spiro atoms. The van der Waals surface area contributed by atoms with Gasteiger partial charge in [-0.1, -0.05) is 25.3 Å². The molecule has 1 aliphatic carbocycles. The Morgan fingerprint density at radius 2 is 2.04 bits per heavy atom. The fourth-order valence-electron chi connectivity index (χ4n) is 3.08. The van der Waals surface area contributed by atoms with Gasteiger partial charge in [-0.15, -0.1) is 11.3 Å². The SMILES string of the molecule is O=S(=O)(CC1CCCCC1)NCc1cncc(-c2cccs2)c1. The Labute approximate surface area is 142 Å². The lowest BCUT2D eigenvalue weighted by Gasteiger charge is -2.21. The molecule has 1 aliphatic rings. The molecule has 0 radical (unpaired) electrons. The summed E-state index contributed by atoms with van der Waals surface area (Å²) in [5.41, 5.74) is 1.92. The zero-order valence-corrected chi connectivity index (χ0v) is 14.7. The summed E-state index contributed by atoms with van der Waals surface area (Å²) in [5.74, 6) is 0.572. The number of rotatable bonds is 6. The molecule has 3 rings (SSSR count). The molecule has 2 aromatic heterocycles. The summed E-state index contributed by atoms with van der Waals surface area (Å²) >= 11 is 1.65. The van der Waals surface area contributed by atoms with Crippen molar-refractivity contribution in [1.29, 1.82) is 0 Å². The van der Waals surface area contributed by atoms with Crippen LogP contribution in [0.15, 0.2) is 36.0 Å². The van der Waals surface area contributed by atoms with E-state index in [2.05, 4.69) is 9.71 Å². The van der Waals surface area contributed by atoms with Crippen LogP contribution in [0.25, 0.3) is 10.4 Å². The number of hydrogen-bond donors (Lipinski definition) is 1. The van der Waals surface area contributed by atoms with E-state index < -0.39 is 10.0 Å². The molecule has 0 aromatic carbocycles. The van der Waals surface area contributed by atoms with E-state index in [-0.39, 0.29) is 5.75 Å². The number of hydrogen-bond acceptors (Lipinski definition) is 4. The van der Waals surface area contributed by atoms with E-state index in [4.69, 9.17) is 0 Å². The first kappa shape index (κ1) is 16.6. The maximum atomic E-state index is 12.3. The van der Waals surface area contributed by atoms with E-state index in [0.29, 0.717) is 12.5 Å². The molecular weight excluding hydrogens is 328 g/mol. The van der Waals surface area contributed by atoms with Gasteiger partial charge in [-0.3, -0.25) is 4.98 Å². The topological polar surface area (TPSA) is 59.1 Å². The van der Waals surface area contributed by atoms with Crippen LogP contribution in [0.2, 0.25) is 0 Å². The largest absolute Gasteiger partial charge is 0.264 e. The molecule has 1 fully saturated rings. The van der Waals surface area contributed by atoms with Gasteiger partial charge in [0.25, 0.3) is 0 Å². The fourth-order valence-corrected chi connectivity index (χ4v) is 5.25. The Hall–Kier alpha value is -1.24. The standard InChI is InChI=1S/C17H22N2O2S2/c20-23(21,13-14-5-2-1-3-6-14)19-11-15-9-16(12-18-10-15)17-7-4-8-22-17/h4,7-10,12,14,19H,1-3,5-6,11,13H2. The van der Waals surface area contributed by atoms with Crippen molar-refractivity contribution in [2.75, 3.05) is 5.75 Å².